The van der Waals surface area contributed by atoms with Gasteiger partial charge in [-0.2, -0.15) is 0 Å². The molecule has 0 rings (SSSR count). The van der Waals surface area contributed by atoms with Crippen LogP contribution in [0.15, 0.2) is 0 Å². The molecule has 0 fully saturated rings. The Bertz CT molecular complexity index is 147. The van der Waals surface area contributed by atoms with E-state index in [4.69, 9.17) is 0 Å². The van der Waals surface area contributed by atoms with Crippen LogP contribution in [0.2, 0.25) is 24.7 Å². The summed E-state index contributed by atoms with van der Waals surface area (Å²) in [5.41, 5.74) is 1.54. The van der Waals surface area contributed by atoms with E-state index in [9.17, 15) is 0 Å². The molecule has 0 heterocycles. The second-order valence-corrected chi connectivity index (χ2v) is 11.3. The molecular weight excluding hydrogens is 172 g/mol. The van der Waals surface area contributed by atoms with Crippen LogP contribution in [-0.2, 0) is 0 Å². The first kappa shape index (κ1) is 13.2. The molecule has 0 amide bonds. The van der Waals surface area contributed by atoms with Crippen molar-refractivity contribution in [3.05, 3.63) is 0 Å². The Morgan fingerprint density at radius 1 is 1.15 bits per heavy atom. The molecule has 1 heteroatoms. The van der Waals surface area contributed by atoms with Gasteiger partial charge in [-0.15, -0.1) is 0 Å². The molecule has 0 aliphatic heterocycles. The minimum absolute atomic E-state index is 0.569. The second-order valence-electron chi connectivity index (χ2n) is 5.99. The van der Waals surface area contributed by atoms with Crippen molar-refractivity contribution in [3.63, 3.8) is 0 Å². The lowest BCUT2D eigenvalue weighted by Crippen LogP contribution is -2.35. The van der Waals surface area contributed by atoms with Crippen molar-refractivity contribution >= 4 is 8.07 Å². The summed E-state index contributed by atoms with van der Waals surface area (Å²) >= 11 is 0. The largest absolute Gasteiger partial charge is 0.0691 e. The van der Waals surface area contributed by atoms with Crippen molar-refractivity contribution in [2.24, 2.45) is 5.41 Å². The molecule has 13 heavy (non-hydrogen) atoms. The maximum absolute atomic E-state index is 2.55. The number of hydrogen-bond acceptors (Lipinski definition) is 0. The number of rotatable bonds is 5. The third-order valence-corrected chi connectivity index (χ3v) is 8.78. The highest BCUT2D eigenvalue weighted by molar-refractivity contribution is 6.78. The lowest BCUT2D eigenvalue weighted by Gasteiger charge is -2.37. The van der Waals surface area contributed by atoms with E-state index in [1.807, 2.05) is 0 Å². The molecule has 1 unspecified atom stereocenters. The molecule has 0 spiro atoms. The van der Waals surface area contributed by atoms with E-state index in [0.717, 1.165) is 5.54 Å². The van der Waals surface area contributed by atoms with Crippen molar-refractivity contribution in [1.29, 1.82) is 0 Å². The van der Waals surface area contributed by atoms with Gasteiger partial charge in [0.25, 0.3) is 0 Å². The molecule has 0 bridgehead atoms. The predicted molar refractivity (Wildman–Crippen MR) is 66.1 cm³/mol. The minimum atomic E-state index is -0.963. The van der Waals surface area contributed by atoms with Gasteiger partial charge in [0.15, 0.2) is 0 Å². The highest BCUT2D eigenvalue weighted by atomic mass is 28.3. The lowest BCUT2D eigenvalue weighted by atomic mass is 9.93. The fraction of sp³-hybridized carbons (Fsp3) is 1.00. The summed E-state index contributed by atoms with van der Waals surface area (Å²) in [6.07, 6.45) is 2.68. The molecule has 0 saturated heterocycles. The van der Waals surface area contributed by atoms with E-state index in [1.165, 1.54) is 18.9 Å². The third kappa shape index (κ3) is 4.30. The average Bonchev–Trinajstić information content (AvgIpc) is 2.01. The maximum atomic E-state index is 2.55. The van der Waals surface area contributed by atoms with Gasteiger partial charge in [-0.25, -0.2) is 0 Å². The SMILES string of the molecule is CCC(C)[Si](C)(C)CC(C)(C)CC. The van der Waals surface area contributed by atoms with Crippen molar-refractivity contribution in [1.82, 2.24) is 0 Å². The Balaban J connectivity index is 4.32. The first-order valence-electron chi connectivity index (χ1n) is 5.75. The van der Waals surface area contributed by atoms with Crippen molar-refractivity contribution in [2.75, 3.05) is 0 Å². The van der Waals surface area contributed by atoms with E-state index >= 15 is 0 Å². The van der Waals surface area contributed by atoms with Gasteiger partial charge in [0, 0.05) is 0 Å². The normalized spacial score (nSPS) is 15.9. The van der Waals surface area contributed by atoms with Crippen LogP contribution in [0.3, 0.4) is 0 Å². The topological polar surface area (TPSA) is 0 Å². The monoisotopic (exact) mass is 200 g/mol. The van der Waals surface area contributed by atoms with Gasteiger partial charge in [0.05, 0.1) is 8.07 Å². The number of hydrogen-bond donors (Lipinski definition) is 0. The molecule has 80 valence electrons. The average molecular weight is 200 g/mol. The van der Waals surface area contributed by atoms with Crippen LogP contribution < -0.4 is 0 Å². The Morgan fingerprint density at radius 2 is 1.62 bits per heavy atom. The zero-order valence-electron chi connectivity index (χ0n) is 10.7. The summed E-state index contributed by atoms with van der Waals surface area (Å²) in [5, 5.41) is 0. The molecular formula is C12H28Si. The van der Waals surface area contributed by atoms with Crippen molar-refractivity contribution < 1.29 is 0 Å². The Kier molecular flexibility index (Phi) is 4.71. The van der Waals surface area contributed by atoms with Gasteiger partial charge in [-0.05, 0) is 11.0 Å². The fourth-order valence-corrected chi connectivity index (χ4v) is 6.26. The van der Waals surface area contributed by atoms with Gasteiger partial charge in [0.1, 0.15) is 0 Å². The van der Waals surface area contributed by atoms with E-state index < -0.39 is 8.07 Å². The van der Waals surface area contributed by atoms with E-state index in [0.29, 0.717) is 5.41 Å². The fourth-order valence-electron chi connectivity index (χ4n) is 2.09. The van der Waals surface area contributed by atoms with Crippen LogP contribution in [0.4, 0.5) is 0 Å². The van der Waals surface area contributed by atoms with Crippen molar-refractivity contribution in [2.45, 2.75) is 72.1 Å². The molecule has 0 nitrogen and oxygen atoms in total. The Hall–Kier alpha value is 0.217. The first-order chi connectivity index (χ1) is 5.75. The maximum Gasteiger partial charge on any atom is 0.0507 e. The van der Waals surface area contributed by atoms with Gasteiger partial charge in [-0.1, -0.05) is 66.6 Å². The van der Waals surface area contributed by atoms with Crippen LogP contribution in [0.5, 0.6) is 0 Å². The van der Waals surface area contributed by atoms with Crippen molar-refractivity contribution in [3.8, 4) is 0 Å². The van der Waals surface area contributed by atoms with E-state index in [2.05, 4.69) is 47.7 Å². The van der Waals surface area contributed by atoms with Crippen LogP contribution in [0.25, 0.3) is 0 Å². The summed E-state index contributed by atoms with van der Waals surface area (Å²) in [5.74, 6) is 0. The Labute approximate surface area is 86.1 Å². The summed E-state index contributed by atoms with van der Waals surface area (Å²) in [6, 6.07) is 1.48. The molecule has 0 radical (unpaired) electrons. The molecule has 0 aromatic heterocycles. The third-order valence-electron chi connectivity index (χ3n) is 3.84. The van der Waals surface area contributed by atoms with Gasteiger partial charge in [-0.3, -0.25) is 0 Å². The molecule has 0 aliphatic rings. The summed E-state index contributed by atoms with van der Waals surface area (Å²) in [4.78, 5) is 0. The van der Waals surface area contributed by atoms with Crippen LogP contribution in [0.1, 0.15) is 47.5 Å². The predicted octanol–water partition coefficient (Wildman–Crippen LogP) is 4.93. The van der Waals surface area contributed by atoms with Gasteiger partial charge >= 0.3 is 0 Å². The standard InChI is InChI=1S/C12H28Si/c1-8-11(3)13(6,7)10-12(4,5)9-2/h11H,8-10H2,1-7H3. The smallest absolute Gasteiger partial charge is 0.0507 e. The second kappa shape index (κ2) is 4.63. The highest BCUT2D eigenvalue weighted by Gasteiger charge is 2.32. The van der Waals surface area contributed by atoms with Crippen LogP contribution in [0, 0.1) is 5.41 Å². The molecule has 0 aromatic carbocycles. The zero-order valence-corrected chi connectivity index (χ0v) is 11.7. The summed E-state index contributed by atoms with van der Waals surface area (Å²) in [6.45, 7) is 17.0. The molecule has 0 aliphatic carbocycles. The zero-order chi connectivity index (χ0) is 10.7. The quantitative estimate of drug-likeness (QED) is 0.552. The lowest BCUT2D eigenvalue weighted by molar-refractivity contribution is 0.389. The summed E-state index contributed by atoms with van der Waals surface area (Å²) < 4.78 is 0. The van der Waals surface area contributed by atoms with Crippen LogP contribution >= 0.6 is 0 Å². The molecule has 0 N–H and O–H groups in total. The molecule has 1 atom stereocenters. The molecule has 0 aromatic rings. The van der Waals surface area contributed by atoms with E-state index in [1.54, 1.807) is 0 Å². The van der Waals surface area contributed by atoms with Gasteiger partial charge in [0.2, 0.25) is 0 Å². The van der Waals surface area contributed by atoms with E-state index in [-0.39, 0.29) is 0 Å². The highest BCUT2D eigenvalue weighted by Crippen LogP contribution is 2.38. The molecule has 0 saturated carbocycles. The summed E-state index contributed by atoms with van der Waals surface area (Å²) in [7, 11) is -0.963. The first-order valence-corrected chi connectivity index (χ1v) is 9.03. The minimum Gasteiger partial charge on any atom is -0.0691 e. The van der Waals surface area contributed by atoms with Gasteiger partial charge < -0.3 is 0 Å². The van der Waals surface area contributed by atoms with Crippen LogP contribution in [-0.4, -0.2) is 8.07 Å². The Morgan fingerprint density at radius 3 is 1.92 bits per heavy atom.